The largest absolute Gasteiger partial charge is 0.481 e. The summed E-state index contributed by atoms with van der Waals surface area (Å²) in [5, 5.41) is 14.7. The number of hydrogen-bond donors (Lipinski definition) is 3. The summed E-state index contributed by atoms with van der Waals surface area (Å²) < 4.78 is 0. The minimum absolute atomic E-state index is 0.0173. The van der Waals surface area contributed by atoms with Crippen molar-refractivity contribution >= 4 is 23.6 Å². The van der Waals surface area contributed by atoms with E-state index in [-0.39, 0.29) is 24.4 Å². The van der Waals surface area contributed by atoms with E-state index in [1.54, 1.807) is 11.8 Å². The van der Waals surface area contributed by atoms with E-state index in [2.05, 4.69) is 10.6 Å². The number of nitrogens with one attached hydrogen (secondary N) is 2. The summed E-state index contributed by atoms with van der Waals surface area (Å²) in [5.74, 6) is 0.0817. The lowest BCUT2D eigenvalue weighted by Crippen LogP contribution is -2.45. The summed E-state index contributed by atoms with van der Waals surface area (Å²) in [6.45, 7) is 3.89. The Bertz CT molecular complexity index is 265. The maximum Gasteiger partial charge on any atom is 0.308 e. The molecule has 1 fully saturated rings. The number of carboxylic acids is 1. The van der Waals surface area contributed by atoms with E-state index >= 15 is 0 Å². The van der Waals surface area contributed by atoms with Crippen LogP contribution in [0.15, 0.2) is 0 Å². The van der Waals surface area contributed by atoms with E-state index in [0.29, 0.717) is 0 Å². The number of amides is 1. The molecule has 0 aromatic carbocycles. The van der Waals surface area contributed by atoms with Gasteiger partial charge >= 0.3 is 5.97 Å². The molecule has 0 radical (unpaired) electrons. The van der Waals surface area contributed by atoms with Gasteiger partial charge in [-0.1, -0.05) is 13.8 Å². The first kappa shape index (κ1) is 13.3. The Morgan fingerprint density at radius 1 is 1.56 bits per heavy atom. The number of carboxylic acid groups (broad SMARTS) is 1. The molecule has 0 saturated carbocycles. The second kappa shape index (κ2) is 6.10. The van der Waals surface area contributed by atoms with Gasteiger partial charge in [0.1, 0.15) is 0 Å². The van der Waals surface area contributed by atoms with Crippen LogP contribution in [-0.4, -0.2) is 41.2 Å². The maximum atomic E-state index is 11.6. The number of thioether (sulfide) groups is 1. The van der Waals surface area contributed by atoms with Gasteiger partial charge in [-0.3, -0.25) is 14.9 Å². The zero-order valence-electron chi connectivity index (χ0n) is 9.53. The van der Waals surface area contributed by atoms with Crippen molar-refractivity contribution in [3.05, 3.63) is 0 Å². The molecule has 3 N–H and O–H groups in total. The molecule has 0 aliphatic carbocycles. The van der Waals surface area contributed by atoms with Crippen molar-refractivity contribution in [1.29, 1.82) is 0 Å². The van der Waals surface area contributed by atoms with Crippen LogP contribution < -0.4 is 10.6 Å². The van der Waals surface area contributed by atoms with Gasteiger partial charge in [-0.25, -0.2) is 0 Å². The standard InChI is InChI=1S/C10H18N2O3S/c1-6(2)7(10(14)15)3-11-9(13)8-4-16-5-12-8/h6-8,12H,3-5H2,1-2H3,(H,11,13)(H,14,15). The van der Waals surface area contributed by atoms with E-state index in [1.807, 2.05) is 13.8 Å². The van der Waals surface area contributed by atoms with Crippen molar-refractivity contribution in [2.24, 2.45) is 11.8 Å². The molecular weight excluding hydrogens is 228 g/mol. The van der Waals surface area contributed by atoms with Crippen LogP contribution in [0.2, 0.25) is 0 Å². The zero-order chi connectivity index (χ0) is 12.1. The number of carbonyl (C=O) groups excluding carboxylic acids is 1. The quantitative estimate of drug-likeness (QED) is 0.642. The van der Waals surface area contributed by atoms with Gasteiger partial charge in [0.05, 0.1) is 12.0 Å². The van der Waals surface area contributed by atoms with Gasteiger partial charge in [-0.15, -0.1) is 11.8 Å². The molecule has 1 saturated heterocycles. The number of carbonyl (C=O) groups is 2. The topological polar surface area (TPSA) is 78.4 Å². The molecule has 0 bridgehead atoms. The van der Waals surface area contributed by atoms with Crippen LogP contribution in [0.3, 0.4) is 0 Å². The van der Waals surface area contributed by atoms with E-state index in [0.717, 1.165) is 11.6 Å². The van der Waals surface area contributed by atoms with Crippen molar-refractivity contribution in [3.8, 4) is 0 Å². The summed E-state index contributed by atoms with van der Waals surface area (Å²) in [6, 6.07) is -0.174. The highest BCUT2D eigenvalue weighted by atomic mass is 32.2. The fourth-order valence-electron chi connectivity index (χ4n) is 1.51. The Morgan fingerprint density at radius 3 is 2.69 bits per heavy atom. The van der Waals surface area contributed by atoms with Crippen LogP contribution >= 0.6 is 11.8 Å². The second-order valence-electron chi connectivity index (χ2n) is 4.21. The minimum Gasteiger partial charge on any atom is -0.481 e. The molecule has 6 heteroatoms. The molecule has 0 aromatic rings. The SMILES string of the molecule is CC(C)C(CNC(=O)C1CSCN1)C(=O)O. The summed E-state index contributed by atoms with van der Waals surface area (Å²) in [6.07, 6.45) is 0. The van der Waals surface area contributed by atoms with E-state index in [9.17, 15) is 9.59 Å². The summed E-state index contributed by atoms with van der Waals surface area (Å²) >= 11 is 1.67. The predicted octanol–water partition coefficient (Wildman–Crippen LogP) is 0.122. The average molecular weight is 246 g/mol. The van der Waals surface area contributed by atoms with Gasteiger partial charge < -0.3 is 10.4 Å². The highest BCUT2D eigenvalue weighted by Gasteiger charge is 2.26. The normalized spacial score (nSPS) is 22.1. The van der Waals surface area contributed by atoms with Crippen LogP contribution in [0, 0.1) is 11.8 Å². The van der Waals surface area contributed by atoms with Crippen LogP contribution in [0.25, 0.3) is 0 Å². The molecule has 2 unspecified atom stereocenters. The van der Waals surface area contributed by atoms with Crippen molar-refractivity contribution in [2.45, 2.75) is 19.9 Å². The molecule has 0 spiro atoms. The zero-order valence-corrected chi connectivity index (χ0v) is 10.3. The van der Waals surface area contributed by atoms with Crippen molar-refractivity contribution < 1.29 is 14.7 Å². The minimum atomic E-state index is -0.857. The highest BCUT2D eigenvalue weighted by Crippen LogP contribution is 2.11. The molecule has 2 atom stereocenters. The lowest BCUT2D eigenvalue weighted by Gasteiger charge is -2.18. The first-order valence-electron chi connectivity index (χ1n) is 5.34. The average Bonchev–Trinajstić information content (AvgIpc) is 2.69. The Labute approximate surface area is 99.4 Å². The Morgan fingerprint density at radius 2 is 2.25 bits per heavy atom. The van der Waals surface area contributed by atoms with Gasteiger partial charge in [0.25, 0.3) is 0 Å². The maximum absolute atomic E-state index is 11.6. The van der Waals surface area contributed by atoms with Gasteiger partial charge in [-0.05, 0) is 5.92 Å². The third kappa shape index (κ3) is 3.68. The molecule has 1 heterocycles. The Kier molecular flexibility index (Phi) is 5.08. The Hall–Kier alpha value is -0.750. The van der Waals surface area contributed by atoms with E-state index in [1.165, 1.54) is 0 Å². The van der Waals surface area contributed by atoms with Crippen LogP contribution in [-0.2, 0) is 9.59 Å². The number of hydrogen-bond acceptors (Lipinski definition) is 4. The summed E-state index contributed by atoms with van der Waals surface area (Å²) in [7, 11) is 0. The number of rotatable bonds is 5. The third-order valence-electron chi connectivity index (χ3n) is 2.65. The van der Waals surface area contributed by atoms with Crippen LogP contribution in [0.5, 0.6) is 0 Å². The molecule has 1 aliphatic heterocycles. The fourth-order valence-corrected chi connectivity index (χ4v) is 2.45. The van der Waals surface area contributed by atoms with Gasteiger partial charge in [0, 0.05) is 18.2 Å². The first-order chi connectivity index (χ1) is 7.52. The molecule has 1 amide bonds. The smallest absolute Gasteiger partial charge is 0.308 e. The highest BCUT2D eigenvalue weighted by molar-refractivity contribution is 7.99. The third-order valence-corrected chi connectivity index (χ3v) is 3.59. The van der Waals surface area contributed by atoms with Crippen molar-refractivity contribution in [2.75, 3.05) is 18.2 Å². The predicted molar refractivity (Wildman–Crippen MR) is 63.2 cm³/mol. The molecule has 0 aromatic heterocycles. The molecule has 5 nitrogen and oxygen atoms in total. The van der Waals surface area contributed by atoms with Crippen LogP contribution in [0.1, 0.15) is 13.8 Å². The lowest BCUT2D eigenvalue weighted by molar-refractivity contribution is -0.143. The number of aliphatic carboxylic acids is 1. The molecule has 16 heavy (non-hydrogen) atoms. The summed E-state index contributed by atoms with van der Waals surface area (Å²) in [5.41, 5.74) is 0. The van der Waals surface area contributed by atoms with E-state index in [4.69, 9.17) is 5.11 Å². The van der Waals surface area contributed by atoms with Crippen molar-refractivity contribution in [1.82, 2.24) is 10.6 Å². The molecule has 92 valence electrons. The van der Waals surface area contributed by atoms with Crippen LogP contribution in [0.4, 0.5) is 0 Å². The monoisotopic (exact) mass is 246 g/mol. The van der Waals surface area contributed by atoms with E-state index < -0.39 is 11.9 Å². The summed E-state index contributed by atoms with van der Waals surface area (Å²) in [4.78, 5) is 22.5. The molecule has 1 rings (SSSR count). The second-order valence-corrected chi connectivity index (χ2v) is 5.24. The fraction of sp³-hybridized carbons (Fsp3) is 0.800. The van der Waals surface area contributed by atoms with Gasteiger partial charge in [-0.2, -0.15) is 0 Å². The van der Waals surface area contributed by atoms with Gasteiger partial charge in [0.2, 0.25) is 5.91 Å². The van der Waals surface area contributed by atoms with Crippen molar-refractivity contribution in [3.63, 3.8) is 0 Å². The first-order valence-corrected chi connectivity index (χ1v) is 6.49. The molecular formula is C10H18N2O3S. The Balaban J connectivity index is 2.36. The lowest BCUT2D eigenvalue weighted by atomic mass is 9.96. The molecule has 1 aliphatic rings. The van der Waals surface area contributed by atoms with Gasteiger partial charge in [0.15, 0.2) is 0 Å².